The van der Waals surface area contributed by atoms with Gasteiger partial charge in [-0.1, -0.05) is 26.0 Å². The quantitative estimate of drug-likeness (QED) is 0.176. The number of aliphatic hydroxyl groups is 2. The van der Waals surface area contributed by atoms with Crippen LogP contribution in [0.3, 0.4) is 0 Å². The first-order valence-corrected chi connectivity index (χ1v) is 14.8. The fraction of sp³-hybridized carbons (Fsp3) is 0.656. The maximum absolute atomic E-state index is 13.2. The molecule has 0 amide bonds. The molecule has 9 atom stereocenters. The lowest BCUT2D eigenvalue weighted by molar-refractivity contribution is -0.213. The fourth-order valence-corrected chi connectivity index (χ4v) is 6.15. The van der Waals surface area contributed by atoms with Gasteiger partial charge in [0.1, 0.15) is 11.7 Å². The van der Waals surface area contributed by atoms with E-state index in [1.165, 1.54) is 32.9 Å². The Kier molecular flexibility index (Phi) is 9.91. The summed E-state index contributed by atoms with van der Waals surface area (Å²) in [5, 5.41) is 23.9. The lowest BCUT2D eigenvalue weighted by Gasteiger charge is -2.42. The number of rotatable bonds is 8. The van der Waals surface area contributed by atoms with Gasteiger partial charge in [0.25, 0.3) is 0 Å². The van der Waals surface area contributed by atoms with Crippen molar-refractivity contribution >= 4 is 29.8 Å². The molecular weight excluding hydrogens is 576 g/mol. The molecule has 1 saturated heterocycles. The highest BCUT2D eigenvalue weighted by Gasteiger charge is 2.76. The summed E-state index contributed by atoms with van der Waals surface area (Å²) in [5.74, 6) is -5.93. The van der Waals surface area contributed by atoms with Crippen LogP contribution in [0.5, 0.6) is 0 Å². The Hall–Kier alpha value is -3.51. The average Bonchev–Trinajstić information content (AvgIpc) is 3.29. The van der Waals surface area contributed by atoms with Crippen molar-refractivity contribution in [3.05, 3.63) is 34.4 Å². The van der Waals surface area contributed by atoms with Crippen LogP contribution in [0.15, 0.2) is 34.4 Å². The first kappa shape index (κ1) is 35.0. The van der Waals surface area contributed by atoms with Gasteiger partial charge in [-0.15, -0.1) is 0 Å². The van der Waals surface area contributed by atoms with Crippen LogP contribution in [0.1, 0.15) is 82.1 Å². The van der Waals surface area contributed by atoms with Crippen molar-refractivity contribution in [2.24, 2.45) is 11.8 Å². The van der Waals surface area contributed by atoms with E-state index < -0.39 is 89.3 Å². The predicted octanol–water partition coefficient (Wildman–Crippen LogP) is 2.78. The van der Waals surface area contributed by atoms with Gasteiger partial charge in [0.05, 0.1) is 11.8 Å². The molecule has 44 heavy (non-hydrogen) atoms. The van der Waals surface area contributed by atoms with Crippen molar-refractivity contribution in [3.8, 4) is 0 Å². The molecule has 244 valence electrons. The summed E-state index contributed by atoms with van der Waals surface area (Å²) in [7, 11) is 0. The van der Waals surface area contributed by atoms with Gasteiger partial charge in [0.15, 0.2) is 29.5 Å². The molecule has 2 aliphatic carbocycles. The highest BCUT2D eigenvalue weighted by Crippen LogP contribution is 2.57. The minimum Gasteiger partial charge on any atom is -0.459 e. The highest BCUT2D eigenvalue weighted by atomic mass is 16.6. The molecule has 1 aliphatic heterocycles. The minimum atomic E-state index is -2.60. The molecule has 3 aliphatic rings. The molecule has 0 unspecified atom stereocenters. The first-order chi connectivity index (χ1) is 20.3. The van der Waals surface area contributed by atoms with Crippen LogP contribution >= 0.6 is 0 Å². The van der Waals surface area contributed by atoms with Gasteiger partial charge in [-0.2, -0.15) is 0 Å². The molecule has 1 saturated carbocycles. The van der Waals surface area contributed by atoms with Crippen LogP contribution in [0, 0.1) is 11.8 Å². The number of carbonyl (C=O) groups is 5. The number of allylic oxidation sites excluding steroid dienone is 2. The van der Waals surface area contributed by atoms with Crippen molar-refractivity contribution in [2.45, 2.75) is 123 Å². The molecule has 0 radical (unpaired) electrons. The third-order valence-electron chi connectivity index (χ3n) is 9.31. The van der Waals surface area contributed by atoms with Gasteiger partial charge in [-0.05, 0) is 66.0 Å². The smallest absolute Gasteiger partial charge is 0.341 e. The van der Waals surface area contributed by atoms with E-state index in [9.17, 15) is 34.2 Å². The van der Waals surface area contributed by atoms with Gasteiger partial charge in [0.2, 0.25) is 0 Å². The van der Waals surface area contributed by atoms with Crippen molar-refractivity contribution in [2.75, 3.05) is 0 Å². The van der Waals surface area contributed by atoms with Crippen LogP contribution in [0.4, 0.5) is 0 Å². The third-order valence-corrected chi connectivity index (χ3v) is 9.31. The topological polar surface area (TPSA) is 172 Å². The van der Waals surface area contributed by atoms with Crippen LogP contribution < -0.4 is 0 Å². The Balaban J connectivity index is 2.37. The molecule has 12 nitrogen and oxygen atoms in total. The molecule has 1 heterocycles. The van der Waals surface area contributed by atoms with E-state index >= 15 is 0 Å². The molecule has 0 aromatic carbocycles. The molecule has 0 spiro atoms. The van der Waals surface area contributed by atoms with Crippen molar-refractivity contribution in [3.63, 3.8) is 0 Å². The van der Waals surface area contributed by atoms with E-state index in [1.807, 2.05) is 0 Å². The Morgan fingerprint density at radius 3 is 2.05 bits per heavy atom. The minimum absolute atomic E-state index is 0.108. The largest absolute Gasteiger partial charge is 0.459 e. The standard InChI is InChI=1S/C32H44O12/c1-11-15(4)26(34)40-20-14-30(9,44-19(8)33)22-21(25-32(20,39)31(10,38)29(37)43-25)18(7)23(41-27(35)16(5)12-2)24(22)42-28(36)17(6)13-3/h12-13,15,20,22-25,38-39H,11,14H2,1-10H3/b16-12-,17-13-/t15-,20-,22+,23-,24-,25+,30-,31+,32-/m1/s1. The summed E-state index contributed by atoms with van der Waals surface area (Å²) >= 11 is 0. The Labute approximate surface area is 257 Å². The van der Waals surface area contributed by atoms with E-state index in [0.717, 1.165) is 13.8 Å². The lowest BCUT2D eigenvalue weighted by atomic mass is 9.75. The Morgan fingerprint density at radius 2 is 1.55 bits per heavy atom. The van der Waals surface area contributed by atoms with E-state index in [0.29, 0.717) is 6.42 Å². The number of ether oxygens (including phenoxy) is 5. The molecule has 12 heteroatoms. The second-order valence-corrected chi connectivity index (χ2v) is 12.3. The lowest BCUT2D eigenvalue weighted by Crippen LogP contribution is -2.64. The molecule has 2 N–H and O–H groups in total. The molecule has 0 bridgehead atoms. The number of fused-ring (bicyclic) bond motifs is 3. The number of esters is 5. The van der Waals surface area contributed by atoms with Crippen LogP contribution in [0.25, 0.3) is 0 Å². The zero-order valence-corrected chi connectivity index (χ0v) is 27.0. The monoisotopic (exact) mass is 620 g/mol. The summed E-state index contributed by atoms with van der Waals surface area (Å²) in [6.07, 6.45) is -2.90. The van der Waals surface area contributed by atoms with Crippen molar-refractivity contribution < 1.29 is 57.9 Å². The van der Waals surface area contributed by atoms with Crippen LogP contribution in [-0.2, 0) is 47.7 Å². The van der Waals surface area contributed by atoms with Crippen LogP contribution in [0.2, 0.25) is 0 Å². The number of carbonyl (C=O) groups excluding carboxylic acids is 5. The summed E-state index contributed by atoms with van der Waals surface area (Å²) in [4.78, 5) is 65.1. The number of hydrogen-bond donors (Lipinski definition) is 2. The van der Waals surface area contributed by atoms with E-state index in [1.54, 1.807) is 34.6 Å². The second-order valence-electron chi connectivity index (χ2n) is 12.3. The van der Waals surface area contributed by atoms with Gasteiger partial charge in [0, 0.05) is 24.5 Å². The summed E-state index contributed by atoms with van der Waals surface area (Å²) in [6, 6.07) is 0. The average molecular weight is 621 g/mol. The van der Waals surface area contributed by atoms with Gasteiger partial charge in [-0.3, -0.25) is 9.59 Å². The normalized spacial score (nSPS) is 36.0. The molecular formula is C32H44O12. The van der Waals surface area contributed by atoms with E-state index in [4.69, 9.17) is 23.7 Å². The zero-order valence-electron chi connectivity index (χ0n) is 27.0. The maximum atomic E-state index is 13.2. The summed E-state index contributed by atoms with van der Waals surface area (Å²) in [5.41, 5.74) is -6.05. The summed E-state index contributed by atoms with van der Waals surface area (Å²) in [6.45, 7) is 15.0. The maximum Gasteiger partial charge on any atom is 0.341 e. The molecule has 2 fully saturated rings. The van der Waals surface area contributed by atoms with Crippen molar-refractivity contribution in [1.29, 1.82) is 0 Å². The Bertz CT molecular complexity index is 1320. The Morgan fingerprint density at radius 1 is 1.00 bits per heavy atom. The molecule has 3 rings (SSSR count). The number of hydrogen-bond acceptors (Lipinski definition) is 12. The predicted molar refractivity (Wildman–Crippen MR) is 154 cm³/mol. The van der Waals surface area contributed by atoms with E-state index in [2.05, 4.69) is 0 Å². The second kappa shape index (κ2) is 12.5. The molecule has 0 aromatic rings. The SMILES string of the molecule is C/C=C(/C)C(=O)O[C@H]1[C@H](OC(=O)/C(C)=C\C)C(C)=C2[C@@H]3OC(=O)[C@](C)(O)[C@@]3(O)[C@H](OC(=O)[C@H](C)CC)C[C@@](C)(OC(C)=O)[C@@H]21. The molecule has 0 aromatic heterocycles. The van der Waals surface area contributed by atoms with Crippen molar-refractivity contribution in [1.82, 2.24) is 0 Å². The first-order valence-electron chi connectivity index (χ1n) is 14.8. The van der Waals surface area contributed by atoms with E-state index in [-0.39, 0.29) is 22.3 Å². The van der Waals surface area contributed by atoms with Gasteiger partial charge < -0.3 is 33.9 Å². The fourth-order valence-electron chi connectivity index (χ4n) is 6.15. The summed E-state index contributed by atoms with van der Waals surface area (Å²) < 4.78 is 29.2. The zero-order chi connectivity index (χ0) is 33.5. The third kappa shape index (κ3) is 5.69. The van der Waals surface area contributed by atoms with Crippen LogP contribution in [-0.4, -0.2) is 81.3 Å². The van der Waals surface area contributed by atoms with Gasteiger partial charge in [-0.25, -0.2) is 14.4 Å². The van der Waals surface area contributed by atoms with Gasteiger partial charge >= 0.3 is 29.8 Å². The highest BCUT2D eigenvalue weighted by molar-refractivity contribution is 5.89.